The van der Waals surface area contributed by atoms with Crippen molar-refractivity contribution < 1.29 is 13.9 Å². The molecule has 1 atom stereocenters. The van der Waals surface area contributed by atoms with Gasteiger partial charge in [-0.25, -0.2) is 0 Å². The topological polar surface area (TPSA) is 31.6 Å². The van der Waals surface area contributed by atoms with E-state index in [-0.39, 0.29) is 5.38 Å². The minimum Gasteiger partial charge on any atom is -0.486 e. The minimum absolute atomic E-state index is 0.373. The highest BCUT2D eigenvalue weighted by Crippen LogP contribution is 2.42. The van der Waals surface area contributed by atoms with E-state index < -0.39 is 0 Å². The molecular formula is C14H12Cl2O3. The summed E-state index contributed by atoms with van der Waals surface area (Å²) in [5.74, 6) is 2.12. The molecule has 1 aliphatic heterocycles. The summed E-state index contributed by atoms with van der Waals surface area (Å²) in [5.41, 5.74) is 1.69. The third-order valence-corrected chi connectivity index (χ3v) is 3.90. The lowest BCUT2D eigenvalue weighted by molar-refractivity contribution is 0.171. The number of halogens is 2. The second kappa shape index (κ2) is 4.99. The van der Waals surface area contributed by atoms with Crippen molar-refractivity contribution in [3.05, 3.63) is 46.4 Å². The van der Waals surface area contributed by atoms with Gasteiger partial charge >= 0.3 is 0 Å². The van der Waals surface area contributed by atoms with E-state index in [4.69, 9.17) is 37.1 Å². The van der Waals surface area contributed by atoms with Crippen LogP contribution in [0.25, 0.3) is 0 Å². The molecule has 5 heteroatoms. The summed E-state index contributed by atoms with van der Waals surface area (Å²) < 4.78 is 16.3. The lowest BCUT2D eigenvalue weighted by Crippen LogP contribution is -2.15. The summed E-state index contributed by atoms with van der Waals surface area (Å²) in [6.07, 6.45) is 1.62. The maximum absolute atomic E-state index is 6.49. The van der Waals surface area contributed by atoms with Gasteiger partial charge < -0.3 is 13.9 Å². The van der Waals surface area contributed by atoms with Gasteiger partial charge in [0.05, 0.1) is 11.6 Å². The van der Waals surface area contributed by atoms with Crippen molar-refractivity contribution >= 4 is 23.2 Å². The number of alkyl halides is 1. The number of rotatable bonds is 2. The maximum atomic E-state index is 6.49. The molecule has 19 heavy (non-hydrogen) atoms. The molecule has 0 bridgehead atoms. The van der Waals surface area contributed by atoms with E-state index in [1.165, 1.54) is 0 Å². The van der Waals surface area contributed by atoms with Gasteiger partial charge in [-0.3, -0.25) is 0 Å². The number of ether oxygens (including phenoxy) is 2. The SMILES string of the molecule is Cc1occc1C(Cl)c1cc2c(cc1Cl)OCCO2. The monoisotopic (exact) mass is 298 g/mol. The highest BCUT2D eigenvalue weighted by molar-refractivity contribution is 6.33. The molecule has 0 amide bonds. The molecule has 0 N–H and O–H groups in total. The quantitative estimate of drug-likeness (QED) is 0.773. The maximum Gasteiger partial charge on any atom is 0.162 e. The van der Waals surface area contributed by atoms with Crippen LogP contribution in [0.4, 0.5) is 0 Å². The summed E-state index contributed by atoms with van der Waals surface area (Å²) in [4.78, 5) is 0. The third-order valence-electron chi connectivity index (χ3n) is 3.11. The summed E-state index contributed by atoms with van der Waals surface area (Å²) in [6.45, 7) is 2.94. The molecule has 3 nitrogen and oxygen atoms in total. The van der Waals surface area contributed by atoms with Crippen molar-refractivity contribution in [2.75, 3.05) is 13.2 Å². The first-order valence-electron chi connectivity index (χ1n) is 5.94. The Morgan fingerprint density at radius 3 is 2.42 bits per heavy atom. The number of furan rings is 1. The van der Waals surface area contributed by atoms with Crippen LogP contribution in [0.2, 0.25) is 5.02 Å². The first kappa shape index (κ1) is 12.7. The highest BCUT2D eigenvalue weighted by atomic mass is 35.5. The van der Waals surface area contributed by atoms with Crippen molar-refractivity contribution in [2.24, 2.45) is 0 Å². The molecule has 0 aliphatic carbocycles. The smallest absolute Gasteiger partial charge is 0.162 e. The van der Waals surface area contributed by atoms with Gasteiger partial charge in [-0.1, -0.05) is 11.6 Å². The van der Waals surface area contributed by atoms with Gasteiger partial charge in [0.25, 0.3) is 0 Å². The molecule has 0 spiro atoms. The van der Waals surface area contributed by atoms with Crippen LogP contribution < -0.4 is 9.47 Å². The van der Waals surface area contributed by atoms with Crippen molar-refractivity contribution in [2.45, 2.75) is 12.3 Å². The van der Waals surface area contributed by atoms with Crippen LogP contribution in [0.3, 0.4) is 0 Å². The summed E-state index contributed by atoms with van der Waals surface area (Å²) in [5, 5.41) is 0.187. The Labute approximate surface area is 121 Å². The molecule has 1 aromatic carbocycles. The fraction of sp³-hybridized carbons (Fsp3) is 0.286. The zero-order valence-electron chi connectivity index (χ0n) is 10.3. The molecule has 2 aromatic rings. The van der Waals surface area contributed by atoms with E-state index in [1.54, 1.807) is 12.3 Å². The van der Waals surface area contributed by atoms with Crippen LogP contribution in [0.5, 0.6) is 11.5 Å². The van der Waals surface area contributed by atoms with E-state index in [1.807, 2.05) is 19.1 Å². The van der Waals surface area contributed by atoms with Crippen molar-refractivity contribution in [3.63, 3.8) is 0 Å². The number of aryl methyl sites for hydroxylation is 1. The third kappa shape index (κ3) is 2.28. The molecule has 0 saturated carbocycles. The van der Waals surface area contributed by atoms with E-state index in [0.29, 0.717) is 29.7 Å². The Kier molecular flexibility index (Phi) is 3.33. The van der Waals surface area contributed by atoms with E-state index in [2.05, 4.69) is 0 Å². The molecule has 0 saturated heterocycles. The van der Waals surface area contributed by atoms with Crippen molar-refractivity contribution in [1.82, 2.24) is 0 Å². The van der Waals surface area contributed by atoms with Crippen LogP contribution in [0.15, 0.2) is 28.9 Å². The first-order chi connectivity index (χ1) is 9.16. The van der Waals surface area contributed by atoms with Gasteiger partial charge in [0.15, 0.2) is 11.5 Å². The fourth-order valence-electron chi connectivity index (χ4n) is 2.10. The Bertz CT molecular complexity index is 607. The lowest BCUT2D eigenvalue weighted by atomic mass is 10.0. The molecule has 1 aromatic heterocycles. The molecular weight excluding hydrogens is 287 g/mol. The highest BCUT2D eigenvalue weighted by Gasteiger charge is 2.22. The molecule has 0 radical (unpaired) electrons. The Balaban J connectivity index is 2.03. The largest absolute Gasteiger partial charge is 0.486 e. The first-order valence-corrected chi connectivity index (χ1v) is 6.75. The number of hydrogen-bond donors (Lipinski definition) is 0. The number of fused-ring (bicyclic) bond motifs is 1. The molecule has 3 rings (SSSR count). The molecule has 1 aliphatic rings. The van der Waals surface area contributed by atoms with Crippen LogP contribution in [0, 0.1) is 6.92 Å². The van der Waals surface area contributed by atoms with Crippen LogP contribution in [-0.2, 0) is 0 Å². The fourth-order valence-corrected chi connectivity index (χ4v) is 2.82. The van der Waals surface area contributed by atoms with Crippen LogP contribution in [-0.4, -0.2) is 13.2 Å². The summed E-state index contributed by atoms with van der Waals surface area (Å²) >= 11 is 12.8. The average molecular weight is 299 g/mol. The number of hydrogen-bond acceptors (Lipinski definition) is 3. The second-order valence-electron chi connectivity index (χ2n) is 4.31. The zero-order chi connectivity index (χ0) is 13.4. The van der Waals surface area contributed by atoms with E-state index >= 15 is 0 Å². The predicted octanol–water partition coefficient (Wildman–Crippen LogP) is 4.34. The molecule has 1 unspecified atom stereocenters. The molecule has 100 valence electrons. The predicted molar refractivity (Wildman–Crippen MR) is 73.6 cm³/mol. The van der Waals surface area contributed by atoms with Gasteiger partial charge in [-0.05, 0) is 24.6 Å². The molecule has 0 fully saturated rings. The average Bonchev–Trinajstić information content (AvgIpc) is 2.83. The van der Waals surface area contributed by atoms with Crippen LogP contribution in [0.1, 0.15) is 22.3 Å². The zero-order valence-corrected chi connectivity index (χ0v) is 11.8. The van der Waals surface area contributed by atoms with Crippen molar-refractivity contribution in [1.29, 1.82) is 0 Å². The van der Waals surface area contributed by atoms with Crippen LogP contribution >= 0.6 is 23.2 Å². The van der Waals surface area contributed by atoms with Gasteiger partial charge in [0.1, 0.15) is 19.0 Å². The van der Waals surface area contributed by atoms with E-state index in [9.17, 15) is 0 Å². The Hall–Kier alpha value is -1.32. The van der Waals surface area contributed by atoms with E-state index in [0.717, 1.165) is 16.9 Å². The summed E-state index contributed by atoms with van der Waals surface area (Å²) in [7, 11) is 0. The second-order valence-corrected chi connectivity index (χ2v) is 5.16. The standard InChI is InChI=1S/C14H12Cl2O3/c1-8-9(2-3-17-8)14(16)10-6-12-13(7-11(10)15)19-5-4-18-12/h2-3,6-7,14H,4-5H2,1H3. The minimum atomic E-state index is -0.373. The molecule has 2 heterocycles. The van der Waals surface area contributed by atoms with Gasteiger partial charge in [-0.2, -0.15) is 0 Å². The van der Waals surface area contributed by atoms with Crippen molar-refractivity contribution in [3.8, 4) is 11.5 Å². The van der Waals surface area contributed by atoms with Gasteiger partial charge in [0.2, 0.25) is 0 Å². The van der Waals surface area contributed by atoms with Gasteiger partial charge in [0, 0.05) is 16.7 Å². The summed E-state index contributed by atoms with van der Waals surface area (Å²) in [6, 6.07) is 5.43. The Morgan fingerprint density at radius 1 is 1.11 bits per heavy atom. The number of benzene rings is 1. The lowest BCUT2D eigenvalue weighted by Gasteiger charge is -2.21. The van der Waals surface area contributed by atoms with Gasteiger partial charge in [-0.15, -0.1) is 11.6 Å². The normalized spacial score (nSPS) is 15.3. The Morgan fingerprint density at radius 2 is 1.79 bits per heavy atom.